The third-order valence-electron chi connectivity index (χ3n) is 3.63. The third kappa shape index (κ3) is 3.76. The zero-order valence-electron chi connectivity index (χ0n) is 13.6. The standard InChI is InChI=1S/C19H18ClN3O/c1-4-9-22-19(24)16(12-21)11-15-10-13(2)23(14(15)3)18-7-5-17(20)6-8-18/h4-8,10-11H,1,9H2,2-3H3,(H,22,24)/b16-11+. The van der Waals surface area contributed by atoms with Crippen LogP contribution in [0.1, 0.15) is 17.0 Å². The molecule has 1 aromatic heterocycles. The van der Waals surface area contributed by atoms with Crippen LogP contribution in [0.3, 0.4) is 0 Å². The van der Waals surface area contributed by atoms with Gasteiger partial charge in [-0.3, -0.25) is 4.79 Å². The first-order chi connectivity index (χ1) is 11.5. The Balaban J connectivity index is 2.42. The van der Waals surface area contributed by atoms with Crippen LogP contribution in [0.25, 0.3) is 11.8 Å². The van der Waals surface area contributed by atoms with Gasteiger partial charge in [-0.05, 0) is 55.8 Å². The summed E-state index contributed by atoms with van der Waals surface area (Å²) in [4.78, 5) is 12.0. The average molecular weight is 340 g/mol. The van der Waals surface area contributed by atoms with Gasteiger partial charge in [-0.2, -0.15) is 5.26 Å². The van der Waals surface area contributed by atoms with Crippen molar-refractivity contribution < 1.29 is 4.79 Å². The Hall–Kier alpha value is -2.77. The Bertz CT molecular complexity index is 839. The summed E-state index contributed by atoms with van der Waals surface area (Å²) in [5.74, 6) is -0.409. The normalized spacial score (nSPS) is 11.0. The van der Waals surface area contributed by atoms with E-state index >= 15 is 0 Å². The number of carbonyl (C=O) groups is 1. The summed E-state index contributed by atoms with van der Waals surface area (Å²) in [6, 6.07) is 11.4. The Morgan fingerprint density at radius 3 is 2.62 bits per heavy atom. The fourth-order valence-corrected chi connectivity index (χ4v) is 2.61. The molecule has 2 rings (SSSR count). The molecule has 1 amide bonds. The van der Waals surface area contributed by atoms with Crippen molar-refractivity contribution in [3.63, 3.8) is 0 Å². The van der Waals surface area contributed by atoms with E-state index < -0.39 is 5.91 Å². The van der Waals surface area contributed by atoms with E-state index in [9.17, 15) is 10.1 Å². The van der Waals surface area contributed by atoms with Crippen LogP contribution < -0.4 is 5.32 Å². The number of carbonyl (C=O) groups excluding carboxylic acids is 1. The maximum atomic E-state index is 12.0. The van der Waals surface area contributed by atoms with Crippen LogP contribution in [0.5, 0.6) is 0 Å². The maximum absolute atomic E-state index is 12.0. The molecule has 4 nitrogen and oxygen atoms in total. The molecule has 0 saturated carbocycles. The maximum Gasteiger partial charge on any atom is 0.262 e. The molecule has 0 aliphatic rings. The van der Waals surface area contributed by atoms with Gasteiger partial charge in [0.15, 0.2) is 0 Å². The van der Waals surface area contributed by atoms with Gasteiger partial charge in [-0.25, -0.2) is 0 Å². The van der Waals surface area contributed by atoms with E-state index in [-0.39, 0.29) is 5.57 Å². The first-order valence-corrected chi connectivity index (χ1v) is 7.81. The Morgan fingerprint density at radius 1 is 1.38 bits per heavy atom. The molecule has 0 bridgehead atoms. The van der Waals surface area contributed by atoms with Gasteiger partial charge in [0, 0.05) is 28.6 Å². The van der Waals surface area contributed by atoms with Crippen molar-refractivity contribution in [1.82, 2.24) is 9.88 Å². The number of halogens is 1. The number of nitriles is 1. The minimum absolute atomic E-state index is 0.0632. The van der Waals surface area contributed by atoms with Crippen molar-refractivity contribution in [3.05, 3.63) is 70.5 Å². The Kier molecular flexibility index (Phi) is 5.62. The highest BCUT2D eigenvalue weighted by Crippen LogP contribution is 2.23. The fourth-order valence-electron chi connectivity index (χ4n) is 2.49. The van der Waals surface area contributed by atoms with Crippen LogP contribution in [0.4, 0.5) is 0 Å². The van der Waals surface area contributed by atoms with Crippen molar-refractivity contribution in [2.45, 2.75) is 13.8 Å². The molecule has 0 fully saturated rings. The Morgan fingerprint density at radius 2 is 2.04 bits per heavy atom. The van der Waals surface area contributed by atoms with E-state index in [1.807, 2.05) is 50.2 Å². The van der Waals surface area contributed by atoms with Gasteiger partial charge >= 0.3 is 0 Å². The van der Waals surface area contributed by atoms with Gasteiger partial charge in [-0.1, -0.05) is 17.7 Å². The lowest BCUT2D eigenvalue weighted by Gasteiger charge is -2.09. The zero-order chi connectivity index (χ0) is 17.7. The van der Waals surface area contributed by atoms with Crippen molar-refractivity contribution in [2.75, 3.05) is 6.54 Å². The molecule has 0 unspecified atom stereocenters. The quantitative estimate of drug-likeness (QED) is 0.509. The highest BCUT2D eigenvalue weighted by Gasteiger charge is 2.13. The summed E-state index contributed by atoms with van der Waals surface area (Å²) >= 11 is 5.94. The van der Waals surface area contributed by atoms with E-state index in [1.165, 1.54) is 0 Å². The van der Waals surface area contributed by atoms with E-state index in [1.54, 1.807) is 12.2 Å². The zero-order valence-corrected chi connectivity index (χ0v) is 14.4. The lowest BCUT2D eigenvalue weighted by molar-refractivity contribution is -0.116. The van der Waals surface area contributed by atoms with E-state index in [4.69, 9.17) is 11.6 Å². The van der Waals surface area contributed by atoms with Gasteiger partial charge in [0.1, 0.15) is 11.6 Å². The largest absolute Gasteiger partial charge is 0.348 e. The van der Waals surface area contributed by atoms with Crippen molar-refractivity contribution in [2.24, 2.45) is 0 Å². The summed E-state index contributed by atoms with van der Waals surface area (Å²) < 4.78 is 2.05. The predicted molar refractivity (Wildman–Crippen MR) is 97.0 cm³/mol. The number of nitrogens with one attached hydrogen (secondary N) is 1. The third-order valence-corrected chi connectivity index (χ3v) is 3.88. The van der Waals surface area contributed by atoms with Crippen LogP contribution >= 0.6 is 11.6 Å². The number of hydrogen-bond acceptors (Lipinski definition) is 2. The molecule has 1 heterocycles. The second kappa shape index (κ2) is 7.67. The molecular formula is C19H18ClN3O. The molecule has 122 valence electrons. The minimum atomic E-state index is -0.409. The van der Waals surface area contributed by atoms with Crippen LogP contribution in [-0.2, 0) is 4.79 Å². The first-order valence-electron chi connectivity index (χ1n) is 7.43. The molecule has 0 radical (unpaired) electrons. The van der Waals surface area contributed by atoms with Crippen molar-refractivity contribution in [3.8, 4) is 11.8 Å². The van der Waals surface area contributed by atoms with E-state index in [0.29, 0.717) is 11.6 Å². The minimum Gasteiger partial charge on any atom is -0.348 e. The number of aryl methyl sites for hydroxylation is 1. The predicted octanol–water partition coefficient (Wildman–Crippen LogP) is 3.96. The monoisotopic (exact) mass is 339 g/mol. The molecular weight excluding hydrogens is 322 g/mol. The molecule has 0 aliphatic heterocycles. The molecule has 0 saturated heterocycles. The number of hydrogen-bond donors (Lipinski definition) is 1. The summed E-state index contributed by atoms with van der Waals surface area (Å²) in [5.41, 5.74) is 3.81. The molecule has 5 heteroatoms. The molecule has 1 N–H and O–H groups in total. The summed E-state index contributed by atoms with van der Waals surface area (Å²) in [5, 5.41) is 12.5. The highest BCUT2D eigenvalue weighted by atomic mass is 35.5. The van der Waals surface area contributed by atoms with Crippen molar-refractivity contribution in [1.29, 1.82) is 5.26 Å². The topological polar surface area (TPSA) is 57.8 Å². The molecule has 0 aliphatic carbocycles. The van der Waals surface area contributed by atoms with Crippen LogP contribution in [0.2, 0.25) is 5.02 Å². The number of benzene rings is 1. The highest BCUT2D eigenvalue weighted by molar-refractivity contribution is 6.30. The molecule has 24 heavy (non-hydrogen) atoms. The fraction of sp³-hybridized carbons (Fsp3) is 0.158. The van der Waals surface area contributed by atoms with Crippen LogP contribution in [-0.4, -0.2) is 17.0 Å². The van der Waals surface area contributed by atoms with Gasteiger partial charge in [-0.15, -0.1) is 6.58 Å². The number of amides is 1. The van der Waals surface area contributed by atoms with Gasteiger partial charge in [0.05, 0.1) is 0 Å². The molecule has 0 atom stereocenters. The second-order valence-electron chi connectivity index (χ2n) is 5.31. The average Bonchev–Trinajstić information content (AvgIpc) is 2.85. The summed E-state index contributed by atoms with van der Waals surface area (Å²) in [7, 11) is 0. The van der Waals surface area contributed by atoms with Gasteiger partial charge in [0.2, 0.25) is 0 Å². The SMILES string of the molecule is C=CCNC(=O)/C(C#N)=C/c1cc(C)n(-c2ccc(Cl)cc2)c1C. The summed E-state index contributed by atoms with van der Waals surface area (Å²) in [6.07, 6.45) is 3.17. The molecule has 0 spiro atoms. The van der Waals surface area contributed by atoms with E-state index in [0.717, 1.165) is 22.6 Å². The Labute approximate surface area is 146 Å². The van der Waals surface area contributed by atoms with Crippen LogP contribution in [0.15, 0.2) is 48.6 Å². The molecule has 2 aromatic rings. The lowest BCUT2D eigenvalue weighted by Crippen LogP contribution is -2.24. The van der Waals surface area contributed by atoms with Crippen LogP contribution in [0, 0.1) is 25.2 Å². The van der Waals surface area contributed by atoms with Crippen molar-refractivity contribution >= 4 is 23.6 Å². The number of rotatable bonds is 5. The summed E-state index contributed by atoms with van der Waals surface area (Å²) in [6.45, 7) is 7.79. The molecule has 1 aromatic carbocycles. The van der Waals surface area contributed by atoms with Gasteiger partial charge in [0.25, 0.3) is 5.91 Å². The number of nitrogens with zero attached hydrogens (tertiary/aromatic N) is 2. The van der Waals surface area contributed by atoms with Gasteiger partial charge < -0.3 is 9.88 Å². The van der Waals surface area contributed by atoms with E-state index in [2.05, 4.69) is 16.5 Å². The smallest absolute Gasteiger partial charge is 0.262 e. The first kappa shape index (κ1) is 17.6. The lowest BCUT2D eigenvalue weighted by atomic mass is 10.1. The number of aromatic nitrogens is 1. The second-order valence-corrected chi connectivity index (χ2v) is 5.74.